The molecule has 112 valence electrons. The lowest BCUT2D eigenvalue weighted by Crippen LogP contribution is -2.25. The van der Waals surface area contributed by atoms with Gasteiger partial charge in [0.05, 0.1) is 29.0 Å². The van der Waals surface area contributed by atoms with Gasteiger partial charge in [-0.05, 0) is 46.1 Å². The lowest BCUT2D eigenvalue weighted by molar-refractivity contribution is 0.356. The van der Waals surface area contributed by atoms with Crippen molar-refractivity contribution in [1.82, 2.24) is 15.1 Å². The van der Waals surface area contributed by atoms with Gasteiger partial charge in [-0.15, -0.1) is 0 Å². The van der Waals surface area contributed by atoms with E-state index in [1.807, 2.05) is 17.9 Å². The Kier molecular flexibility index (Phi) is 4.31. The summed E-state index contributed by atoms with van der Waals surface area (Å²) in [5, 5.41) is 7.98. The number of aryl methyl sites for hydroxylation is 1. The number of benzene rings is 1. The van der Waals surface area contributed by atoms with Gasteiger partial charge >= 0.3 is 0 Å². The highest BCUT2D eigenvalue weighted by Crippen LogP contribution is 2.33. The predicted molar refractivity (Wildman–Crippen MR) is 86.7 cm³/mol. The fraction of sp³-hybridized carbons (Fsp3) is 0.438. The second-order valence-corrected chi connectivity index (χ2v) is 6.21. The number of ether oxygens (including phenoxy) is 1. The van der Waals surface area contributed by atoms with Gasteiger partial charge < -0.3 is 10.1 Å². The molecular formula is C16H20BrN3O. The number of nitrogens with one attached hydrogen (secondary N) is 1. The molecule has 0 saturated heterocycles. The maximum atomic E-state index is 5.61. The Bertz CT molecular complexity index is 619. The molecule has 1 aliphatic heterocycles. The van der Waals surface area contributed by atoms with Crippen LogP contribution in [-0.4, -0.2) is 22.9 Å². The maximum Gasteiger partial charge on any atom is 0.122 e. The molecule has 0 spiro atoms. The Labute approximate surface area is 133 Å². The van der Waals surface area contributed by atoms with Crippen LogP contribution in [0.3, 0.4) is 0 Å². The molecule has 1 aromatic carbocycles. The first-order valence-corrected chi connectivity index (χ1v) is 8.16. The number of nitrogens with zero attached hydrogens (tertiary/aromatic N) is 2. The van der Waals surface area contributed by atoms with E-state index >= 15 is 0 Å². The van der Waals surface area contributed by atoms with E-state index in [0.717, 1.165) is 41.9 Å². The standard InChI is InChI=1S/C16H20BrN3O/c1-3-7-18-15(16-13(17)10-19-20(16)2)12-4-5-14-11(9-12)6-8-21-14/h4-5,9-10,15,18H,3,6-8H2,1-2H3. The highest BCUT2D eigenvalue weighted by Gasteiger charge is 2.22. The first-order valence-electron chi connectivity index (χ1n) is 7.37. The molecular weight excluding hydrogens is 330 g/mol. The average molecular weight is 350 g/mol. The van der Waals surface area contributed by atoms with Gasteiger partial charge in [0.2, 0.25) is 0 Å². The zero-order valence-corrected chi connectivity index (χ0v) is 14.0. The van der Waals surface area contributed by atoms with Crippen molar-refractivity contribution in [2.24, 2.45) is 7.05 Å². The Morgan fingerprint density at radius 1 is 1.48 bits per heavy atom. The minimum atomic E-state index is 0.137. The van der Waals surface area contributed by atoms with Crippen molar-refractivity contribution in [3.05, 3.63) is 45.7 Å². The fourth-order valence-electron chi connectivity index (χ4n) is 2.79. The Balaban J connectivity index is 1.99. The van der Waals surface area contributed by atoms with Gasteiger partial charge in [-0.3, -0.25) is 4.68 Å². The van der Waals surface area contributed by atoms with Crippen LogP contribution >= 0.6 is 15.9 Å². The molecule has 0 aliphatic carbocycles. The van der Waals surface area contributed by atoms with E-state index < -0.39 is 0 Å². The molecule has 0 saturated carbocycles. The zero-order valence-electron chi connectivity index (χ0n) is 12.4. The number of fused-ring (bicyclic) bond motifs is 1. The van der Waals surface area contributed by atoms with E-state index in [2.05, 4.69) is 51.5 Å². The molecule has 5 heteroatoms. The molecule has 0 amide bonds. The summed E-state index contributed by atoms with van der Waals surface area (Å²) >= 11 is 3.62. The van der Waals surface area contributed by atoms with E-state index in [4.69, 9.17) is 4.74 Å². The monoisotopic (exact) mass is 349 g/mol. The molecule has 21 heavy (non-hydrogen) atoms. The summed E-state index contributed by atoms with van der Waals surface area (Å²) in [5.74, 6) is 1.03. The molecule has 1 unspecified atom stereocenters. The fourth-order valence-corrected chi connectivity index (χ4v) is 3.37. The highest BCUT2D eigenvalue weighted by molar-refractivity contribution is 9.10. The lowest BCUT2D eigenvalue weighted by Gasteiger charge is -2.20. The molecule has 1 aromatic heterocycles. The van der Waals surface area contributed by atoms with Crippen LogP contribution in [0.4, 0.5) is 0 Å². The van der Waals surface area contributed by atoms with Crippen LogP contribution in [0, 0.1) is 0 Å². The largest absolute Gasteiger partial charge is 0.493 e. The summed E-state index contributed by atoms with van der Waals surface area (Å²) in [7, 11) is 1.98. The molecule has 4 nitrogen and oxygen atoms in total. The van der Waals surface area contributed by atoms with Crippen LogP contribution < -0.4 is 10.1 Å². The molecule has 1 aliphatic rings. The number of rotatable bonds is 5. The summed E-state index contributed by atoms with van der Waals surface area (Å²) in [6, 6.07) is 6.63. The molecule has 3 rings (SSSR count). The Morgan fingerprint density at radius 2 is 2.33 bits per heavy atom. The molecule has 1 N–H and O–H groups in total. The third kappa shape index (κ3) is 2.85. The summed E-state index contributed by atoms with van der Waals surface area (Å²) in [6.45, 7) is 3.94. The van der Waals surface area contributed by atoms with Gasteiger partial charge in [0.1, 0.15) is 5.75 Å². The molecule has 0 bridgehead atoms. The zero-order chi connectivity index (χ0) is 14.8. The summed E-state index contributed by atoms with van der Waals surface area (Å²) in [4.78, 5) is 0. The van der Waals surface area contributed by atoms with Crippen molar-refractivity contribution in [1.29, 1.82) is 0 Å². The minimum absolute atomic E-state index is 0.137. The van der Waals surface area contributed by atoms with Crippen LogP contribution in [0.1, 0.15) is 36.2 Å². The lowest BCUT2D eigenvalue weighted by atomic mass is 10.00. The van der Waals surface area contributed by atoms with E-state index in [0.29, 0.717) is 0 Å². The number of halogens is 1. The van der Waals surface area contributed by atoms with E-state index in [1.165, 1.54) is 11.1 Å². The molecule has 0 radical (unpaired) electrons. The number of aromatic nitrogens is 2. The SMILES string of the molecule is CCCNC(c1ccc2c(c1)CCO2)c1c(Br)cnn1C. The van der Waals surface area contributed by atoms with E-state index in [-0.39, 0.29) is 6.04 Å². The first-order chi connectivity index (χ1) is 10.2. The molecule has 0 fully saturated rings. The number of hydrogen-bond donors (Lipinski definition) is 1. The minimum Gasteiger partial charge on any atom is -0.493 e. The van der Waals surface area contributed by atoms with Gasteiger partial charge in [-0.25, -0.2) is 0 Å². The van der Waals surface area contributed by atoms with Crippen molar-refractivity contribution in [2.75, 3.05) is 13.2 Å². The van der Waals surface area contributed by atoms with Crippen molar-refractivity contribution >= 4 is 15.9 Å². The quantitative estimate of drug-likeness (QED) is 0.900. The van der Waals surface area contributed by atoms with Crippen LogP contribution in [0.25, 0.3) is 0 Å². The molecule has 2 heterocycles. The summed E-state index contributed by atoms with van der Waals surface area (Å²) in [5.41, 5.74) is 3.72. The van der Waals surface area contributed by atoms with E-state index in [1.54, 1.807) is 0 Å². The van der Waals surface area contributed by atoms with Crippen molar-refractivity contribution in [3.63, 3.8) is 0 Å². The van der Waals surface area contributed by atoms with Gasteiger partial charge in [0.15, 0.2) is 0 Å². The third-order valence-corrected chi connectivity index (χ3v) is 4.47. The van der Waals surface area contributed by atoms with Crippen molar-refractivity contribution < 1.29 is 4.74 Å². The smallest absolute Gasteiger partial charge is 0.122 e. The normalized spacial score (nSPS) is 14.8. The van der Waals surface area contributed by atoms with Crippen LogP contribution in [0.15, 0.2) is 28.9 Å². The second kappa shape index (κ2) is 6.20. The second-order valence-electron chi connectivity index (χ2n) is 5.35. The van der Waals surface area contributed by atoms with Gasteiger partial charge in [-0.2, -0.15) is 5.10 Å². The number of hydrogen-bond acceptors (Lipinski definition) is 3. The van der Waals surface area contributed by atoms with Gasteiger partial charge in [0, 0.05) is 13.5 Å². The van der Waals surface area contributed by atoms with Crippen molar-refractivity contribution in [3.8, 4) is 5.75 Å². The van der Waals surface area contributed by atoms with Crippen LogP contribution in [0.5, 0.6) is 5.75 Å². The first kappa shape index (κ1) is 14.6. The Morgan fingerprint density at radius 3 is 3.05 bits per heavy atom. The van der Waals surface area contributed by atoms with Crippen LogP contribution in [0.2, 0.25) is 0 Å². The average Bonchev–Trinajstić information content (AvgIpc) is 3.07. The van der Waals surface area contributed by atoms with E-state index in [9.17, 15) is 0 Å². The van der Waals surface area contributed by atoms with Gasteiger partial charge in [-0.1, -0.05) is 19.1 Å². The molecule has 1 atom stereocenters. The summed E-state index contributed by atoms with van der Waals surface area (Å²) < 4.78 is 8.57. The maximum absolute atomic E-state index is 5.61. The summed E-state index contributed by atoms with van der Waals surface area (Å²) in [6.07, 6.45) is 3.95. The highest BCUT2D eigenvalue weighted by atomic mass is 79.9. The third-order valence-electron chi connectivity index (χ3n) is 3.86. The predicted octanol–water partition coefficient (Wildman–Crippen LogP) is 3.21. The van der Waals surface area contributed by atoms with Gasteiger partial charge in [0.25, 0.3) is 0 Å². The molecule has 2 aromatic rings. The topological polar surface area (TPSA) is 39.1 Å². The van der Waals surface area contributed by atoms with Crippen molar-refractivity contribution in [2.45, 2.75) is 25.8 Å². The van der Waals surface area contributed by atoms with Crippen LogP contribution in [-0.2, 0) is 13.5 Å². The Hall–Kier alpha value is -1.33.